The summed E-state index contributed by atoms with van der Waals surface area (Å²) >= 11 is 0. The van der Waals surface area contributed by atoms with Crippen LogP contribution in [0.3, 0.4) is 0 Å². The molecule has 0 aromatic carbocycles. The molecule has 1 aliphatic heterocycles. The lowest BCUT2D eigenvalue weighted by atomic mass is 9.91. The minimum atomic E-state index is -1.92. The molecule has 0 amide bonds. The molecule has 2 fully saturated rings. The van der Waals surface area contributed by atoms with Crippen LogP contribution in [-0.4, -0.2) is 38.2 Å². The summed E-state index contributed by atoms with van der Waals surface area (Å²) < 4.78 is 18.3. The van der Waals surface area contributed by atoms with Crippen molar-refractivity contribution < 1.29 is 18.7 Å². The summed E-state index contributed by atoms with van der Waals surface area (Å²) in [5, 5.41) is 0.123. The molecular formula is C15H28O4Si. The molecule has 0 aromatic heterocycles. The van der Waals surface area contributed by atoms with Gasteiger partial charge in [-0.05, 0) is 32.0 Å². The number of carbonyl (C=O) groups excluding carboxylic acids is 1. The van der Waals surface area contributed by atoms with E-state index in [-0.39, 0.29) is 29.1 Å². The van der Waals surface area contributed by atoms with Gasteiger partial charge in [-0.25, -0.2) is 0 Å². The maximum atomic E-state index is 12.0. The van der Waals surface area contributed by atoms with Gasteiger partial charge in [0.05, 0.1) is 12.2 Å². The zero-order valence-electron chi connectivity index (χ0n) is 13.8. The number of fused-ring (bicyclic) bond motifs is 1. The average molecular weight is 300 g/mol. The Balaban J connectivity index is 2.16. The molecule has 20 heavy (non-hydrogen) atoms. The van der Waals surface area contributed by atoms with Crippen molar-refractivity contribution in [2.24, 2.45) is 0 Å². The van der Waals surface area contributed by atoms with Crippen molar-refractivity contribution in [2.45, 2.75) is 89.7 Å². The van der Waals surface area contributed by atoms with Crippen LogP contribution in [0.1, 0.15) is 47.5 Å². The molecule has 4 nitrogen and oxygen atoms in total. The van der Waals surface area contributed by atoms with Gasteiger partial charge in [-0.2, -0.15) is 0 Å². The molecule has 1 saturated heterocycles. The number of ether oxygens (including phenoxy) is 2. The Bertz CT molecular complexity index is 397. The van der Waals surface area contributed by atoms with Crippen LogP contribution >= 0.6 is 0 Å². The maximum absolute atomic E-state index is 12.0. The Labute approximate surface area is 123 Å². The van der Waals surface area contributed by atoms with Gasteiger partial charge in [0.2, 0.25) is 0 Å². The van der Waals surface area contributed by atoms with Crippen molar-refractivity contribution in [3.05, 3.63) is 0 Å². The second-order valence-electron chi connectivity index (χ2n) is 8.00. The fraction of sp³-hybridized carbons (Fsp3) is 0.933. The molecule has 116 valence electrons. The lowest BCUT2D eigenvalue weighted by molar-refractivity contribution is -0.152. The number of rotatable bonds is 2. The Morgan fingerprint density at radius 1 is 1.20 bits per heavy atom. The highest BCUT2D eigenvalue weighted by atomic mass is 28.4. The summed E-state index contributed by atoms with van der Waals surface area (Å²) in [7, 11) is -1.92. The van der Waals surface area contributed by atoms with Gasteiger partial charge in [0.1, 0.15) is 11.9 Å². The predicted molar refractivity (Wildman–Crippen MR) is 80.1 cm³/mol. The molecule has 5 heteroatoms. The van der Waals surface area contributed by atoms with Crippen molar-refractivity contribution in [3.8, 4) is 0 Å². The van der Waals surface area contributed by atoms with Crippen molar-refractivity contribution >= 4 is 14.1 Å². The van der Waals surface area contributed by atoms with Gasteiger partial charge in [0.25, 0.3) is 0 Å². The number of carbonyl (C=O) groups is 1. The summed E-state index contributed by atoms with van der Waals surface area (Å²) in [5.41, 5.74) is 0. The standard InChI is InChI=1S/C15H28O4Si/c1-14(2,3)20(6,7)19-12-9-10(16)8-11-13(12)18-15(4,5)17-11/h11-13H,8-9H2,1-7H3/t11-,12-,13-/m1/s1. The Hall–Kier alpha value is -0.233. The third kappa shape index (κ3) is 3.16. The smallest absolute Gasteiger partial charge is 0.192 e. The van der Waals surface area contributed by atoms with Crippen LogP contribution in [-0.2, 0) is 18.7 Å². The van der Waals surface area contributed by atoms with E-state index < -0.39 is 14.1 Å². The van der Waals surface area contributed by atoms with Crippen LogP contribution in [0.2, 0.25) is 18.1 Å². The van der Waals surface area contributed by atoms with E-state index in [0.29, 0.717) is 12.8 Å². The van der Waals surface area contributed by atoms with E-state index in [1.807, 2.05) is 13.8 Å². The van der Waals surface area contributed by atoms with E-state index in [1.54, 1.807) is 0 Å². The van der Waals surface area contributed by atoms with E-state index in [0.717, 1.165) is 0 Å². The van der Waals surface area contributed by atoms with Crippen molar-refractivity contribution in [2.75, 3.05) is 0 Å². The van der Waals surface area contributed by atoms with E-state index in [4.69, 9.17) is 13.9 Å². The first kappa shape index (κ1) is 16.1. The first-order chi connectivity index (χ1) is 8.91. The van der Waals surface area contributed by atoms with Crippen LogP contribution in [0.25, 0.3) is 0 Å². The Kier molecular flexibility index (Phi) is 3.96. The monoisotopic (exact) mass is 300 g/mol. The molecular weight excluding hydrogens is 272 g/mol. The molecule has 0 radical (unpaired) electrons. The predicted octanol–water partition coefficient (Wildman–Crippen LogP) is 3.26. The highest BCUT2D eigenvalue weighted by Crippen LogP contribution is 2.42. The fourth-order valence-electron chi connectivity index (χ4n) is 2.65. The van der Waals surface area contributed by atoms with Crippen LogP contribution < -0.4 is 0 Å². The molecule has 1 heterocycles. The van der Waals surface area contributed by atoms with E-state index in [1.165, 1.54) is 0 Å². The van der Waals surface area contributed by atoms with Gasteiger partial charge in [-0.15, -0.1) is 0 Å². The van der Waals surface area contributed by atoms with Gasteiger partial charge in [-0.3, -0.25) is 4.79 Å². The minimum Gasteiger partial charge on any atom is -0.411 e. The van der Waals surface area contributed by atoms with Gasteiger partial charge in [-0.1, -0.05) is 20.8 Å². The van der Waals surface area contributed by atoms with E-state index in [2.05, 4.69) is 33.9 Å². The SMILES string of the molecule is CC1(C)O[C@@H]2[C@@H](CC(=O)C[C@H]2O[Si](C)(C)C(C)(C)C)O1. The quantitative estimate of drug-likeness (QED) is 0.734. The highest BCUT2D eigenvalue weighted by Gasteiger charge is 2.52. The van der Waals surface area contributed by atoms with Crippen molar-refractivity contribution in [3.63, 3.8) is 0 Å². The van der Waals surface area contributed by atoms with E-state index in [9.17, 15) is 4.79 Å². The summed E-state index contributed by atoms with van der Waals surface area (Å²) in [4.78, 5) is 12.0. The summed E-state index contributed by atoms with van der Waals surface area (Å²) in [6.07, 6.45) is 0.472. The highest BCUT2D eigenvalue weighted by molar-refractivity contribution is 6.74. The third-order valence-electron chi connectivity index (χ3n) is 4.70. The third-order valence-corrected chi connectivity index (χ3v) is 9.20. The maximum Gasteiger partial charge on any atom is 0.192 e. The average Bonchev–Trinajstić information content (AvgIpc) is 2.50. The lowest BCUT2D eigenvalue weighted by Gasteiger charge is -2.42. The summed E-state index contributed by atoms with van der Waals surface area (Å²) in [5.74, 6) is -0.397. The minimum absolute atomic E-state index is 0.114. The second-order valence-corrected chi connectivity index (χ2v) is 12.8. The largest absolute Gasteiger partial charge is 0.411 e. The lowest BCUT2D eigenvalue weighted by Crippen LogP contribution is -2.52. The molecule has 0 N–H and O–H groups in total. The number of hydrogen-bond donors (Lipinski definition) is 0. The van der Waals surface area contributed by atoms with Gasteiger partial charge < -0.3 is 13.9 Å². The van der Waals surface area contributed by atoms with Crippen LogP contribution in [0.5, 0.6) is 0 Å². The fourth-order valence-corrected chi connectivity index (χ4v) is 3.98. The second kappa shape index (κ2) is 4.90. The van der Waals surface area contributed by atoms with E-state index >= 15 is 0 Å². The number of ketones is 1. The van der Waals surface area contributed by atoms with Crippen LogP contribution in [0, 0.1) is 0 Å². The van der Waals surface area contributed by atoms with Crippen LogP contribution in [0.15, 0.2) is 0 Å². The molecule has 0 spiro atoms. The molecule has 0 bridgehead atoms. The molecule has 1 aliphatic carbocycles. The zero-order valence-corrected chi connectivity index (χ0v) is 14.8. The molecule has 2 aliphatic rings. The first-order valence-electron chi connectivity index (χ1n) is 7.46. The van der Waals surface area contributed by atoms with Gasteiger partial charge in [0, 0.05) is 12.8 Å². The Morgan fingerprint density at radius 3 is 2.35 bits per heavy atom. The summed E-state index contributed by atoms with van der Waals surface area (Å²) in [6.45, 7) is 14.8. The normalized spacial score (nSPS) is 34.1. The van der Waals surface area contributed by atoms with Gasteiger partial charge >= 0.3 is 0 Å². The topological polar surface area (TPSA) is 44.8 Å². The van der Waals surface area contributed by atoms with Gasteiger partial charge in [0.15, 0.2) is 14.1 Å². The number of Topliss-reactive ketones (excluding diaryl/α,β-unsaturated/α-hetero) is 1. The molecule has 0 aromatic rings. The summed E-state index contributed by atoms with van der Waals surface area (Å²) in [6, 6.07) is 0. The van der Waals surface area contributed by atoms with Crippen molar-refractivity contribution in [1.82, 2.24) is 0 Å². The van der Waals surface area contributed by atoms with Crippen LogP contribution in [0.4, 0.5) is 0 Å². The molecule has 1 saturated carbocycles. The zero-order chi connectivity index (χ0) is 15.3. The Morgan fingerprint density at radius 2 is 1.80 bits per heavy atom. The first-order valence-corrected chi connectivity index (χ1v) is 10.4. The molecule has 0 unspecified atom stereocenters. The number of hydrogen-bond acceptors (Lipinski definition) is 4. The van der Waals surface area contributed by atoms with Crippen molar-refractivity contribution in [1.29, 1.82) is 0 Å². The molecule has 3 atom stereocenters. The molecule has 2 rings (SSSR count).